The number of hydrogen-bond donors (Lipinski definition) is 1. The van der Waals surface area contributed by atoms with E-state index in [2.05, 4.69) is 21.9 Å². The molecule has 0 bridgehead atoms. The average molecular weight is 326 g/mol. The lowest BCUT2D eigenvalue weighted by Crippen LogP contribution is -2.44. The minimum Gasteiger partial charge on any atom is -0.366 e. The SMILES string of the molecule is Cn1nc(C2CCN(C3CCC3)CC2)c2c1NCC1=C2CCCC1. The monoisotopic (exact) mass is 326 g/mol. The number of nitrogens with zero attached hydrogens (tertiary/aromatic N) is 3. The number of anilines is 1. The van der Waals surface area contributed by atoms with Crippen molar-refractivity contribution in [2.45, 2.75) is 69.7 Å². The van der Waals surface area contributed by atoms with Crippen LogP contribution in [0.25, 0.3) is 5.57 Å². The third-order valence-electron chi connectivity index (χ3n) is 6.93. The second-order valence-corrected chi connectivity index (χ2v) is 8.27. The molecule has 0 aromatic carbocycles. The highest BCUT2D eigenvalue weighted by Gasteiger charge is 2.34. The number of hydrogen-bond acceptors (Lipinski definition) is 3. The van der Waals surface area contributed by atoms with E-state index in [-0.39, 0.29) is 0 Å². The molecule has 0 radical (unpaired) electrons. The molecular formula is C20H30N4. The zero-order valence-electron chi connectivity index (χ0n) is 15.0. The Kier molecular flexibility index (Phi) is 3.69. The summed E-state index contributed by atoms with van der Waals surface area (Å²) in [7, 11) is 2.12. The van der Waals surface area contributed by atoms with Gasteiger partial charge in [0.15, 0.2) is 0 Å². The molecule has 2 aliphatic carbocycles. The first-order valence-electron chi connectivity index (χ1n) is 10.1. The van der Waals surface area contributed by atoms with Crippen LogP contribution in [-0.2, 0) is 7.05 Å². The smallest absolute Gasteiger partial charge is 0.132 e. The van der Waals surface area contributed by atoms with Gasteiger partial charge in [-0.2, -0.15) is 5.10 Å². The first kappa shape index (κ1) is 15.0. The largest absolute Gasteiger partial charge is 0.366 e. The van der Waals surface area contributed by atoms with E-state index in [4.69, 9.17) is 5.10 Å². The van der Waals surface area contributed by atoms with E-state index in [1.807, 2.05) is 0 Å². The molecule has 130 valence electrons. The Labute approximate surface area is 145 Å². The predicted molar refractivity (Wildman–Crippen MR) is 98.3 cm³/mol. The van der Waals surface area contributed by atoms with Crippen LogP contribution in [0.5, 0.6) is 0 Å². The Bertz CT molecular complexity index is 659. The number of piperidine rings is 1. The van der Waals surface area contributed by atoms with E-state index in [0.717, 1.165) is 12.6 Å². The summed E-state index contributed by atoms with van der Waals surface area (Å²) >= 11 is 0. The van der Waals surface area contributed by atoms with Gasteiger partial charge in [-0.15, -0.1) is 0 Å². The Hall–Kier alpha value is -1.29. The highest BCUT2D eigenvalue weighted by atomic mass is 15.3. The van der Waals surface area contributed by atoms with Crippen molar-refractivity contribution in [3.63, 3.8) is 0 Å². The van der Waals surface area contributed by atoms with Gasteiger partial charge in [-0.25, -0.2) is 0 Å². The lowest BCUT2D eigenvalue weighted by atomic mass is 9.81. The maximum atomic E-state index is 5.01. The van der Waals surface area contributed by atoms with Gasteiger partial charge in [0.05, 0.1) is 5.69 Å². The number of likely N-dealkylation sites (tertiary alicyclic amines) is 1. The van der Waals surface area contributed by atoms with Crippen LogP contribution in [0.2, 0.25) is 0 Å². The molecule has 0 amide bonds. The minimum absolute atomic E-state index is 0.659. The van der Waals surface area contributed by atoms with Crippen LogP contribution in [0, 0.1) is 0 Å². The highest BCUT2D eigenvalue weighted by molar-refractivity contribution is 5.82. The van der Waals surface area contributed by atoms with Crippen LogP contribution < -0.4 is 5.32 Å². The third-order valence-corrected chi connectivity index (χ3v) is 6.93. The summed E-state index contributed by atoms with van der Waals surface area (Å²) in [5.41, 5.74) is 6.22. The molecule has 1 saturated carbocycles. The quantitative estimate of drug-likeness (QED) is 0.894. The van der Waals surface area contributed by atoms with Gasteiger partial charge in [-0.1, -0.05) is 6.42 Å². The summed E-state index contributed by atoms with van der Waals surface area (Å²) in [6.45, 7) is 3.60. The standard InChI is InChI=1S/C20H30N4/c1-23-20-18(17-8-3-2-5-15(17)13-21-20)19(22-23)14-9-11-24(12-10-14)16-6-4-7-16/h14,16,21H,2-13H2,1H3. The summed E-state index contributed by atoms with van der Waals surface area (Å²) in [6.07, 6.45) is 12.2. The first-order chi connectivity index (χ1) is 11.8. The van der Waals surface area contributed by atoms with Gasteiger partial charge in [-0.05, 0) is 75.6 Å². The van der Waals surface area contributed by atoms with Crippen molar-refractivity contribution in [2.75, 3.05) is 25.0 Å². The number of aryl methyl sites for hydroxylation is 1. The van der Waals surface area contributed by atoms with E-state index >= 15 is 0 Å². The Morgan fingerprint density at radius 3 is 2.54 bits per heavy atom. The van der Waals surface area contributed by atoms with Crippen molar-refractivity contribution < 1.29 is 0 Å². The molecule has 2 fully saturated rings. The zero-order chi connectivity index (χ0) is 16.1. The minimum atomic E-state index is 0.659. The fourth-order valence-corrected chi connectivity index (χ4v) is 5.28. The van der Waals surface area contributed by atoms with Gasteiger partial charge in [0.25, 0.3) is 0 Å². The van der Waals surface area contributed by atoms with Crippen LogP contribution >= 0.6 is 0 Å². The van der Waals surface area contributed by atoms with Gasteiger partial charge < -0.3 is 10.2 Å². The van der Waals surface area contributed by atoms with Crippen molar-refractivity contribution in [1.29, 1.82) is 0 Å². The second kappa shape index (κ2) is 5.91. The molecule has 4 aliphatic rings. The molecule has 0 atom stereocenters. The van der Waals surface area contributed by atoms with Crippen molar-refractivity contribution in [3.8, 4) is 0 Å². The molecule has 2 aliphatic heterocycles. The number of allylic oxidation sites excluding steroid dienone is 1. The van der Waals surface area contributed by atoms with Crippen LogP contribution in [0.15, 0.2) is 5.57 Å². The van der Waals surface area contributed by atoms with Gasteiger partial charge in [0, 0.05) is 31.1 Å². The molecule has 1 aromatic rings. The fourth-order valence-electron chi connectivity index (χ4n) is 5.28. The van der Waals surface area contributed by atoms with E-state index in [1.165, 1.54) is 88.0 Å². The summed E-state index contributed by atoms with van der Waals surface area (Å²) in [5.74, 6) is 1.94. The molecule has 0 spiro atoms. The Morgan fingerprint density at radius 2 is 1.79 bits per heavy atom. The van der Waals surface area contributed by atoms with Gasteiger partial charge in [-0.3, -0.25) is 4.68 Å². The summed E-state index contributed by atoms with van der Waals surface area (Å²) in [4.78, 5) is 2.75. The molecule has 4 heteroatoms. The lowest BCUT2D eigenvalue weighted by molar-refractivity contribution is 0.0969. The molecule has 4 nitrogen and oxygen atoms in total. The molecule has 1 saturated heterocycles. The molecule has 5 rings (SSSR count). The fraction of sp³-hybridized carbons (Fsp3) is 0.750. The van der Waals surface area contributed by atoms with Crippen LogP contribution in [-0.4, -0.2) is 40.4 Å². The first-order valence-corrected chi connectivity index (χ1v) is 10.1. The molecule has 24 heavy (non-hydrogen) atoms. The number of aromatic nitrogens is 2. The predicted octanol–water partition coefficient (Wildman–Crippen LogP) is 3.91. The Balaban J connectivity index is 1.42. The van der Waals surface area contributed by atoms with E-state index in [9.17, 15) is 0 Å². The molecule has 0 unspecified atom stereocenters. The van der Waals surface area contributed by atoms with Gasteiger partial charge >= 0.3 is 0 Å². The van der Waals surface area contributed by atoms with Crippen molar-refractivity contribution in [3.05, 3.63) is 16.8 Å². The molecule has 1 N–H and O–H groups in total. The van der Waals surface area contributed by atoms with Crippen LogP contribution in [0.1, 0.15) is 75.0 Å². The van der Waals surface area contributed by atoms with E-state index in [0.29, 0.717) is 5.92 Å². The molecule has 1 aromatic heterocycles. The highest BCUT2D eigenvalue weighted by Crippen LogP contribution is 2.44. The molecule has 3 heterocycles. The average Bonchev–Trinajstić information content (AvgIpc) is 2.91. The van der Waals surface area contributed by atoms with Gasteiger partial charge in [0.2, 0.25) is 0 Å². The number of fused-ring (bicyclic) bond motifs is 2. The summed E-state index contributed by atoms with van der Waals surface area (Å²) < 4.78 is 2.11. The van der Waals surface area contributed by atoms with Gasteiger partial charge in [0.1, 0.15) is 5.82 Å². The second-order valence-electron chi connectivity index (χ2n) is 8.27. The number of rotatable bonds is 2. The summed E-state index contributed by atoms with van der Waals surface area (Å²) in [6, 6.07) is 0.901. The molecular weight excluding hydrogens is 296 g/mol. The maximum absolute atomic E-state index is 5.01. The van der Waals surface area contributed by atoms with Crippen molar-refractivity contribution >= 4 is 11.4 Å². The summed E-state index contributed by atoms with van der Waals surface area (Å²) in [5, 5.41) is 8.68. The van der Waals surface area contributed by atoms with Crippen molar-refractivity contribution in [1.82, 2.24) is 14.7 Å². The van der Waals surface area contributed by atoms with E-state index < -0.39 is 0 Å². The van der Waals surface area contributed by atoms with Crippen molar-refractivity contribution in [2.24, 2.45) is 7.05 Å². The topological polar surface area (TPSA) is 33.1 Å². The van der Waals surface area contributed by atoms with Crippen LogP contribution in [0.4, 0.5) is 5.82 Å². The maximum Gasteiger partial charge on any atom is 0.132 e. The number of nitrogens with one attached hydrogen (secondary N) is 1. The third kappa shape index (κ3) is 2.33. The Morgan fingerprint density at radius 1 is 1.00 bits per heavy atom. The zero-order valence-corrected chi connectivity index (χ0v) is 15.0. The van der Waals surface area contributed by atoms with Crippen LogP contribution in [0.3, 0.4) is 0 Å². The lowest BCUT2D eigenvalue weighted by Gasteiger charge is -2.41. The normalized spacial score (nSPS) is 25.9. The van der Waals surface area contributed by atoms with E-state index in [1.54, 1.807) is 11.1 Å².